The summed E-state index contributed by atoms with van der Waals surface area (Å²) in [5.41, 5.74) is 0.212. The first-order valence-electron chi connectivity index (χ1n) is 14.4. The van der Waals surface area contributed by atoms with Crippen LogP contribution in [-0.4, -0.2) is 38.3 Å². The van der Waals surface area contributed by atoms with Gasteiger partial charge in [-0.05, 0) is 103 Å². The summed E-state index contributed by atoms with van der Waals surface area (Å²) in [6.45, 7) is 15.9. The van der Waals surface area contributed by atoms with Crippen LogP contribution in [0.5, 0.6) is 0 Å². The number of fused-ring (bicyclic) bond motifs is 7. The lowest BCUT2D eigenvalue weighted by Gasteiger charge is -2.73. The second kappa shape index (κ2) is 7.60. The molecule has 4 saturated carbocycles. The molecule has 0 saturated heterocycles. The molecular weight excluding hydrogens is 452 g/mol. The second-order valence-electron chi connectivity index (χ2n) is 15.9. The van der Waals surface area contributed by atoms with E-state index in [1.165, 1.54) is 5.57 Å². The molecule has 0 spiro atoms. The molecule has 0 unspecified atom stereocenters. The molecule has 4 N–H and O–H groups in total. The van der Waals surface area contributed by atoms with E-state index in [0.717, 1.165) is 51.4 Å². The molecule has 8 atom stereocenters. The molecule has 36 heavy (non-hydrogen) atoms. The average molecular weight is 503 g/mol. The summed E-state index contributed by atoms with van der Waals surface area (Å²) in [4.78, 5) is 12.1. The van der Waals surface area contributed by atoms with Crippen molar-refractivity contribution >= 4 is 5.97 Å². The van der Waals surface area contributed by atoms with Gasteiger partial charge in [-0.25, -0.2) is 0 Å². The van der Waals surface area contributed by atoms with Crippen molar-refractivity contribution in [2.45, 2.75) is 125 Å². The van der Waals surface area contributed by atoms with Gasteiger partial charge in [0.1, 0.15) is 6.10 Å². The third kappa shape index (κ3) is 3.21. The van der Waals surface area contributed by atoms with Gasteiger partial charge in [0, 0.05) is 5.41 Å². The van der Waals surface area contributed by atoms with Gasteiger partial charge in [-0.3, -0.25) is 4.79 Å². The predicted molar refractivity (Wildman–Crippen MR) is 140 cm³/mol. The largest absolute Gasteiger partial charge is 0.481 e. The van der Waals surface area contributed by atoms with Crippen molar-refractivity contribution in [3.8, 4) is 0 Å². The molecule has 5 aliphatic rings. The summed E-state index contributed by atoms with van der Waals surface area (Å²) >= 11 is 0. The molecule has 204 valence electrons. The topological polar surface area (TPSA) is 98.0 Å². The van der Waals surface area contributed by atoms with Gasteiger partial charge < -0.3 is 20.4 Å². The molecule has 0 aromatic rings. The highest BCUT2D eigenvalue weighted by Crippen LogP contribution is 2.77. The molecule has 5 aliphatic carbocycles. The van der Waals surface area contributed by atoms with Crippen molar-refractivity contribution in [3.05, 3.63) is 11.6 Å². The molecule has 0 aromatic heterocycles. The summed E-state index contributed by atoms with van der Waals surface area (Å²) in [6.07, 6.45) is 9.56. The molecule has 0 amide bonds. The Morgan fingerprint density at radius 3 is 2.19 bits per heavy atom. The van der Waals surface area contributed by atoms with Crippen LogP contribution in [0.3, 0.4) is 0 Å². The zero-order valence-corrected chi connectivity index (χ0v) is 23.7. The SMILES string of the molecule is CC1(C)CC[C@]2(CC(=O)O)CC[C@]3(C)C(=CC[C@@H]4[C@]5(C)[C@@H](CC[C@]43C)C(C)(C)C[C@@H](O)C5(O)O)[C@@H]2C1. The van der Waals surface area contributed by atoms with Crippen molar-refractivity contribution in [2.24, 2.45) is 50.2 Å². The summed E-state index contributed by atoms with van der Waals surface area (Å²) in [5, 5.41) is 44.1. The maximum atomic E-state index is 12.1. The van der Waals surface area contributed by atoms with E-state index in [2.05, 4.69) is 47.6 Å². The summed E-state index contributed by atoms with van der Waals surface area (Å²) in [6, 6.07) is 0. The summed E-state index contributed by atoms with van der Waals surface area (Å²) in [7, 11) is 0. The molecule has 4 fully saturated rings. The van der Waals surface area contributed by atoms with Gasteiger partial charge in [0.25, 0.3) is 0 Å². The first-order chi connectivity index (χ1) is 16.4. The number of hydrogen-bond donors (Lipinski definition) is 4. The fraction of sp³-hybridized carbons (Fsp3) is 0.903. The van der Waals surface area contributed by atoms with Crippen LogP contribution in [0.2, 0.25) is 0 Å². The Morgan fingerprint density at radius 2 is 1.56 bits per heavy atom. The number of carboxylic acids is 1. The maximum Gasteiger partial charge on any atom is 0.303 e. The average Bonchev–Trinajstić information content (AvgIpc) is 2.73. The lowest BCUT2D eigenvalue weighted by molar-refractivity contribution is -0.373. The van der Waals surface area contributed by atoms with Gasteiger partial charge in [-0.15, -0.1) is 0 Å². The minimum Gasteiger partial charge on any atom is -0.481 e. The Morgan fingerprint density at radius 1 is 0.917 bits per heavy atom. The molecule has 0 aliphatic heterocycles. The Labute approximate surface area is 217 Å². The first kappa shape index (κ1) is 26.7. The third-order valence-corrected chi connectivity index (χ3v) is 13.4. The minimum absolute atomic E-state index is 0.0327. The molecule has 0 radical (unpaired) electrons. The van der Waals surface area contributed by atoms with E-state index in [0.29, 0.717) is 6.42 Å². The van der Waals surface area contributed by atoms with Crippen LogP contribution < -0.4 is 0 Å². The van der Waals surface area contributed by atoms with Gasteiger partial charge in [0.15, 0.2) is 5.79 Å². The molecule has 0 heterocycles. The van der Waals surface area contributed by atoms with Crippen molar-refractivity contribution < 1.29 is 25.2 Å². The third-order valence-electron chi connectivity index (χ3n) is 13.4. The molecule has 5 nitrogen and oxygen atoms in total. The zero-order chi connectivity index (χ0) is 26.7. The van der Waals surface area contributed by atoms with Crippen molar-refractivity contribution in [1.82, 2.24) is 0 Å². The second-order valence-corrected chi connectivity index (χ2v) is 15.9. The highest BCUT2D eigenvalue weighted by Gasteiger charge is 2.74. The number of rotatable bonds is 2. The van der Waals surface area contributed by atoms with Gasteiger partial charge >= 0.3 is 5.97 Å². The van der Waals surface area contributed by atoms with Crippen LogP contribution in [0.1, 0.15) is 113 Å². The normalized spacial score (nSPS) is 50.6. The number of carboxylic acid groups (broad SMARTS) is 1. The Kier molecular flexibility index (Phi) is 5.63. The van der Waals surface area contributed by atoms with Gasteiger partial charge in [-0.2, -0.15) is 0 Å². The fourth-order valence-electron chi connectivity index (χ4n) is 11.1. The quantitative estimate of drug-likeness (QED) is 0.278. The number of hydrogen-bond acceptors (Lipinski definition) is 4. The van der Waals surface area contributed by atoms with Crippen molar-refractivity contribution in [3.63, 3.8) is 0 Å². The monoisotopic (exact) mass is 502 g/mol. The number of aliphatic carboxylic acids is 1. The smallest absolute Gasteiger partial charge is 0.303 e. The maximum absolute atomic E-state index is 12.1. The van der Waals surface area contributed by atoms with E-state index in [4.69, 9.17) is 0 Å². The lowest BCUT2D eigenvalue weighted by atomic mass is 9.32. The van der Waals surface area contributed by atoms with E-state index < -0.39 is 23.3 Å². The van der Waals surface area contributed by atoms with E-state index >= 15 is 0 Å². The predicted octanol–water partition coefficient (Wildman–Crippen LogP) is 5.91. The van der Waals surface area contributed by atoms with E-state index in [1.54, 1.807) is 0 Å². The highest BCUT2D eigenvalue weighted by atomic mass is 16.5. The van der Waals surface area contributed by atoms with Gasteiger partial charge in [-0.1, -0.05) is 60.1 Å². The minimum atomic E-state index is -2.13. The molecule has 0 aromatic carbocycles. The number of aliphatic hydroxyl groups is 3. The first-order valence-corrected chi connectivity index (χ1v) is 14.4. The lowest BCUT2D eigenvalue weighted by Crippen LogP contribution is -2.73. The molecule has 5 rings (SSSR count). The van der Waals surface area contributed by atoms with Crippen molar-refractivity contribution in [1.29, 1.82) is 0 Å². The van der Waals surface area contributed by atoms with Crippen LogP contribution in [-0.2, 0) is 4.79 Å². The van der Waals surface area contributed by atoms with Crippen LogP contribution >= 0.6 is 0 Å². The van der Waals surface area contributed by atoms with Gasteiger partial charge in [0.05, 0.1) is 6.42 Å². The Hall–Kier alpha value is -0.910. The summed E-state index contributed by atoms with van der Waals surface area (Å²) < 4.78 is 0. The Bertz CT molecular complexity index is 979. The van der Waals surface area contributed by atoms with Crippen LogP contribution in [0, 0.1) is 50.2 Å². The fourth-order valence-corrected chi connectivity index (χ4v) is 11.1. The zero-order valence-electron chi connectivity index (χ0n) is 23.7. The Balaban J connectivity index is 1.64. The standard InChI is InChI=1S/C31H50O5/c1-25(2)12-14-30(18-24(33)34)15-13-27(5)19(20(30)16-25)8-9-22-28(27,6)11-10-21-26(3,4)17-23(32)31(35,36)29(21,22)7/h8,20-23,32,35-36H,9-18H2,1-7H3,(H,33,34)/t20-,21-,22-,23+,27+,28+,29-,30+/m0/s1. The van der Waals surface area contributed by atoms with Crippen molar-refractivity contribution in [2.75, 3.05) is 0 Å². The van der Waals surface area contributed by atoms with E-state index in [-0.39, 0.29) is 51.2 Å². The van der Waals surface area contributed by atoms with E-state index in [1.807, 2.05) is 6.92 Å². The van der Waals surface area contributed by atoms with Gasteiger partial charge in [0.2, 0.25) is 0 Å². The number of allylic oxidation sites excluding steroid dienone is 2. The molecule has 5 heteroatoms. The van der Waals surface area contributed by atoms with Crippen LogP contribution in [0.4, 0.5) is 0 Å². The van der Waals surface area contributed by atoms with E-state index in [9.17, 15) is 25.2 Å². The van der Waals surface area contributed by atoms with Crippen LogP contribution in [0.15, 0.2) is 11.6 Å². The number of aliphatic hydroxyl groups excluding tert-OH is 1. The number of carbonyl (C=O) groups is 1. The van der Waals surface area contributed by atoms with Crippen LogP contribution in [0.25, 0.3) is 0 Å². The highest BCUT2D eigenvalue weighted by molar-refractivity contribution is 5.68. The molecular formula is C31H50O5. The molecule has 0 bridgehead atoms. The summed E-state index contributed by atoms with van der Waals surface area (Å²) in [5.74, 6) is -2.40.